The normalized spacial score (nSPS) is 18.2. The van der Waals surface area contributed by atoms with E-state index >= 15 is 0 Å². The lowest BCUT2D eigenvalue weighted by molar-refractivity contribution is -0.159. The highest BCUT2D eigenvalue weighted by Gasteiger charge is 2.32. The number of hydrogen-bond donors (Lipinski definition) is 0. The van der Waals surface area contributed by atoms with Gasteiger partial charge >= 0.3 is 5.97 Å². The molecule has 0 radical (unpaired) electrons. The second kappa shape index (κ2) is 6.97. The summed E-state index contributed by atoms with van der Waals surface area (Å²) in [7, 11) is 0. The van der Waals surface area contributed by atoms with E-state index in [1.807, 2.05) is 19.1 Å². The van der Waals surface area contributed by atoms with Gasteiger partial charge in [0.15, 0.2) is 6.61 Å². The van der Waals surface area contributed by atoms with Gasteiger partial charge in [-0.15, -0.1) is 0 Å². The van der Waals surface area contributed by atoms with E-state index in [1.54, 1.807) is 0 Å². The minimum absolute atomic E-state index is 0.0156. The molecule has 1 aliphatic rings. The molecule has 0 amide bonds. The fourth-order valence-corrected chi connectivity index (χ4v) is 2.80. The Morgan fingerprint density at radius 2 is 1.86 bits per heavy atom. The molecule has 1 aromatic rings. The molecule has 1 aromatic carbocycles. The molecule has 0 aliphatic heterocycles. The van der Waals surface area contributed by atoms with Crippen LogP contribution in [-0.4, -0.2) is 18.2 Å². The lowest BCUT2D eigenvalue weighted by Gasteiger charge is -2.24. The summed E-state index contributed by atoms with van der Waals surface area (Å²) in [6.07, 6.45) is 5.32. The largest absolute Gasteiger partial charge is 0.482 e. The molecule has 116 valence electrons. The van der Waals surface area contributed by atoms with Crippen molar-refractivity contribution in [3.63, 3.8) is 0 Å². The van der Waals surface area contributed by atoms with Gasteiger partial charge in [-0.25, -0.2) is 4.79 Å². The molecule has 0 aromatic heterocycles. The van der Waals surface area contributed by atoms with Crippen LogP contribution in [0.4, 0.5) is 0 Å². The maximum atomic E-state index is 11.9. The van der Waals surface area contributed by atoms with Gasteiger partial charge in [0.1, 0.15) is 11.4 Å². The van der Waals surface area contributed by atoms with Crippen molar-refractivity contribution in [1.82, 2.24) is 0 Å². The monoisotopic (exact) mass is 290 g/mol. The zero-order valence-electron chi connectivity index (χ0n) is 13.4. The summed E-state index contributed by atoms with van der Waals surface area (Å²) in [5, 5.41) is 0. The Balaban J connectivity index is 1.81. The van der Waals surface area contributed by atoms with E-state index in [4.69, 9.17) is 9.47 Å². The van der Waals surface area contributed by atoms with Crippen LogP contribution in [0.1, 0.15) is 64.4 Å². The molecule has 1 aliphatic carbocycles. The first-order valence-corrected chi connectivity index (χ1v) is 7.97. The fraction of sp³-hybridized carbons (Fsp3) is 0.611. The Labute approximate surface area is 127 Å². The molecule has 1 fully saturated rings. The van der Waals surface area contributed by atoms with Crippen molar-refractivity contribution in [3.05, 3.63) is 29.8 Å². The Bertz CT molecular complexity index is 458. The number of rotatable bonds is 6. The molecule has 0 bridgehead atoms. The molecule has 0 spiro atoms. The van der Waals surface area contributed by atoms with Gasteiger partial charge in [0.05, 0.1) is 0 Å². The molecule has 1 atom stereocenters. The maximum absolute atomic E-state index is 11.9. The first kappa shape index (κ1) is 15.9. The standard InChI is InChI=1S/C18H26O3/c1-4-14(2)15-7-9-16(10-8-15)20-13-17(19)21-18(3)11-5-6-12-18/h7-10,14H,4-6,11-13H2,1-3H3. The van der Waals surface area contributed by atoms with Crippen LogP contribution in [0.3, 0.4) is 0 Å². The van der Waals surface area contributed by atoms with Gasteiger partial charge in [0.2, 0.25) is 0 Å². The number of ether oxygens (including phenoxy) is 2. The number of carbonyl (C=O) groups is 1. The van der Waals surface area contributed by atoms with Gasteiger partial charge in [-0.1, -0.05) is 26.0 Å². The van der Waals surface area contributed by atoms with E-state index in [-0.39, 0.29) is 18.2 Å². The van der Waals surface area contributed by atoms with E-state index < -0.39 is 0 Å². The van der Waals surface area contributed by atoms with E-state index in [0.29, 0.717) is 5.92 Å². The molecule has 1 saturated carbocycles. The Morgan fingerprint density at radius 3 is 2.43 bits per heavy atom. The molecule has 3 nitrogen and oxygen atoms in total. The topological polar surface area (TPSA) is 35.5 Å². The van der Waals surface area contributed by atoms with Crippen LogP contribution in [0.2, 0.25) is 0 Å². The third kappa shape index (κ3) is 4.48. The van der Waals surface area contributed by atoms with Crippen molar-refractivity contribution in [3.8, 4) is 5.75 Å². The van der Waals surface area contributed by atoms with Crippen LogP contribution in [0, 0.1) is 0 Å². The Morgan fingerprint density at radius 1 is 1.24 bits per heavy atom. The van der Waals surface area contributed by atoms with Crippen LogP contribution < -0.4 is 4.74 Å². The highest BCUT2D eigenvalue weighted by molar-refractivity contribution is 5.71. The van der Waals surface area contributed by atoms with Crippen LogP contribution >= 0.6 is 0 Å². The predicted octanol–water partition coefficient (Wildman–Crippen LogP) is 4.45. The lowest BCUT2D eigenvalue weighted by Crippen LogP contribution is -2.30. The lowest BCUT2D eigenvalue weighted by atomic mass is 9.99. The second-order valence-electron chi connectivity index (χ2n) is 6.30. The van der Waals surface area contributed by atoms with Gasteiger partial charge in [-0.2, -0.15) is 0 Å². The summed E-state index contributed by atoms with van der Waals surface area (Å²) in [6, 6.07) is 7.97. The van der Waals surface area contributed by atoms with E-state index in [1.165, 1.54) is 5.56 Å². The Kier molecular flexibility index (Phi) is 5.27. The molecule has 3 heteroatoms. The summed E-state index contributed by atoms with van der Waals surface area (Å²) in [6.45, 7) is 6.38. The maximum Gasteiger partial charge on any atom is 0.344 e. The van der Waals surface area contributed by atoms with Crippen LogP contribution in [0.5, 0.6) is 5.75 Å². The third-order valence-corrected chi connectivity index (χ3v) is 4.44. The summed E-state index contributed by atoms with van der Waals surface area (Å²) in [4.78, 5) is 11.9. The SMILES string of the molecule is CCC(C)c1ccc(OCC(=O)OC2(C)CCCC2)cc1. The van der Waals surface area contributed by atoms with Crippen LogP contribution in [0.15, 0.2) is 24.3 Å². The average Bonchev–Trinajstić information content (AvgIpc) is 2.91. The molecular formula is C18H26O3. The zero-order valence-corrected chi connectivity index (χ0v) is 13.4. The zero-order chi connectivity index (χ0) is 15.3. The number of carbonyl (C=O) groups excluding carboxylic acids is 1. The smallest absolute Gasteiger partial charge is 0.344 e. The minimum Gasteiger partial charge on any atom is -0.482 e. The van der Waals surface area contributed by atoms with Crippen molar-refractivity contribution in [2.75, 3.05) is 6.61 Å². The Hall–Kier alpha value is -1.51. The van der Waals surface area contributed by atoms with E-state index in [2.05, 4.69) is 26.0 Å². The molecule has 1 unspecified atom stereocenters. The van der Waals surface area contributed by atoms with Gasteiger partial charge in [0.25, 0.3) is 0 Å². The quantitative estimate of drug-likeness (QED) is 0.726. The minimum atomic E-state index is -0.277. The van der Waals surface area contributed by atoms with Gasteiger partial charge in [-0.3, -0.25) is 0 Å². The summed E-state index contributed by atoms with van der Waals surface area (Å²) in [5.74, 6) is 0.993. The van der Waals surface area contributed by atoms with Crippen molar-refractivity contribution < 1.29 is 14.3 Å². The second-order valence-corrected chi connectivity index (χ2v) is 6.30. The third-order valence-electron chi connectivity index (χ3n) is 4.44. The molecule has 0 N–H and O–H groups in total. The molecule has 0 heterocycles. The highest BCUT2D eigenvalue weighted by Crippen LogP contribution is 2.32. The van der Waals surface area contributed by atoms with Crippen LogP contribution in [0.25, 0.3) is 0 Å². The first-order chi connectivity index (χ1) is 10.0. The van der Waals surface area contributed by atoms with Crippen LogP contribution in [-0.2, 0) is 9.53 Å². The number of hydrogen-bond acceptors (Lipinski definition) is 3. The summed E-state index contributed by atoms with van der Waals surface area (Å²) < 4.78 is 11.1. The van der Waals surface area contributed by atoms with Gasteiger partial charge in [-0.05, 0) is 62.6 Å². The summed E-state index contributed by atoms with van der Waals surface area (Å²) >= 11 is 0. The number of benzene rings is 1. The summed E-state index contributed by atoms with van der Waals surface area (Å²) in [5.41, 5.74) is 1.02. The van der Waals surface area contributed by atoms with E-state index in [0.717, 1.165) is 37.9 Å². The fourth-order valence-electron chi connectivity index (χ4n) is 2.80. The predicted molar refractivity (Wildman–Crippen MR) is 83.6 cm³/mol. The molecule has 2 rings (SSSR count). The van der Waals surface area contributed by atoms with Crippen molar-refractivity contribution in [2.24, 2.45) is 0 Å². The highest BCUT2D eigenvalue weighted by atomic mass is 16.6. The van der Waals surface area contributed by atoms with Gasteiger partial charge in [0, 0.05) is 0 Å². The molecule has 21 heavy (non-hydrogen) atoms. The average molecular weight is 290 g/mol. The number of esters is 1. The molecule has 0 saturated heterocycles. The van der Waals surface area contributed by atoms with Gasteiger partial charge < -0.3 is 9.47 Å². The van der Waals surface area contributed by atoms with Crippen molar-refractivity contribution >= 4 is 5.97 Å². The van der Waals surface area contributed by atoms with E-state index in [9.17, 15) is 4.79 Å². The first-order valence-electron chi connectivity index (χ1n) is 7.97. The van der Waals surface area contributed by atoms with Crippen molar-refractivity contribution in [2.45, 2.75) is 64.4 Å². The van der Waals surface area contributed by atoms with Crippen molar-refractivity contribution in [1.29, 1.82) is 0 Å². The molecular weight excluding hydrogens is 264 g/mol.